The number of rotatable bonds is 6. The minimum atomic E-state index is -0.130. The van der Waals surface area contributed by atoms with Crippen molar-refractivity contribution in [1.82, 2.24) is 10.3 Å². The summed E-state index contributed by atoms with van der Waals surface area (Å²) < 4.78 is 11.0. The first-order valence-corrected chi connectivity index (χ1v) is 8.24. The quantitative estimate of drug-likeness (QED) is 0.648. The third-order valence-electron chi connectivity index (χ3n) is 3.71. The van der Waals surface area contributed by atoms with Gasteiger partial charge < -0.3 is 9.47 Å². The van der Waals surface area contributed by atoms with Crippen molar-refractivity contribution in [3.8, 4) is 11.5 Å². The van der Waals surface area contributed by atoms with Crippen molar-refractivity contribution < 1.29 is 14.3 Å². The number of para-hydroxylation sites is 1. The molecule has 2 aromatic rings. The molecule has 0 spiro atoms. The largest absolute Gasteiger partial charge is 0.457 e. The molecule has 1 N–H and O–H groups in total. The predicted octanol–water partition coefficient (Wildman–Crippen LogP) is 2.26. The minimum absolute atomic E-state index is 0.130. The lowest BCUT2D eigenvalue weighted by atomic mass is 10.2. The topological polar surface area (TPSA) is 63.2 Å². The first kappa shape index (κ1) is 17.1. The standard InChI is InChI=1S/C19H21N3O3/c23-19(15-22-9-11-24-12-10-22)21-20-14-16-5-4-8-18(13-16)25-17-6-2-1-3-7-17/h1-8,13-14H,9-12,15H2,(H,21,23)/b20-14-. The van der Waals surface area contributed by atoms with Gasteiger partial charge in [-0.3, -0.25) is 9.69 Å². The van der Waals surface area contributed by atoms with Crippen LogP contribution in [0.2, 0.25) is 0 Å². The lowest BCUT2D eigenvalue weighted by Crippen LogP contribution is -2.42. The molecule has 6 heteroatoms. The number of amides is 1. The minimum Gasteiger partial charge on any atom is -0.457 e. The van der Waals surface area contributed by atoms with Crippen LogP contribution in [-0.2, 0) is 9.53 Å². The highest BCUT2D eigenvalue weighted by atomic mass is 16.5. The van der Waals surface area contributed by atoms with Crippen LogP contribution in [-0.4, -0.2) is 49.9 Å². The smallest absolute Gasteiger partial charge is 0.254 e. The molecule has 3 rings (SSSR count). The lowest BCUT2D eigenvalue weighted by molar-refractivity contribution is -0.123. The van der Waals surface area contributed by atoms with Gasteiger partial charge in [0.15, 0.2) is 0 Å². The molecule has 1 aliphatic rings. The second-order valence-corrected chi connectivity index (χ2v) is 5.67. The number of carbonyl (C=O) groups is 1. The van der Waals surface area contributed by atoms with E-state index in [0.717, 1.165) is 30.2 Å². The maximum Gasteiger partial charge on any atom is 0.254 e. The van der Waals surface area contributed by atoms with Crippen LogP contribution in [0.1, 0.15) is 5.56 Å². The third-order valence-corrected chi connectivity index (χ3v) is 3.71. The number of nitrogens with zero attached hydrogens (tertiary/aromatic N) is 2. The summed E-state index contributed by atoms with van der Waals surface area (Å²) >= 11 is 0. The molecule has 0 radical (unpaired) electrons. The van der Waals surface area contributed by atoms with Crippen molar-refractivity contribution in [2.24, 2.45) is 5.10 Å². The monoisotopic (exact) mass is 339 g/mol. The van der Waals surface area contributed by atoms with Crippen LogP contribution in [0.3, 0.4) is 0 Å². The Morgan fingerprint density at radius 3 is 2.68 bits per heavy atom. The zero-order valence-corrected chi connectivity index (χ0v) is 13.9. The molecule has 0 aromatic heterocycles. The Morgan fingerprint density at radius 2 is 1.88 bits per heavy atom. The number of carbonyl (C=O) groups excluding carboxylic acids is 1. The van der Waals surface area contributed by atoms with E-state index in [9.17, 15) is 4.79 Å². The zero-order valence-electron chi connectivity index (χ0n) is 13.9. The molecule has 0 aliphatic carbocycles. The lowest BCUT2D eigenvalue weighted by Gasteiger charge is -2.25. The first-order chi connectivity index (χ1) is 12.3. The average molecular weight is 339 g/mol. The highest BCUT2D eigenvalue weighted by molar-refractivity contribution is 5.83. The van der Waals surface area contributed by atoms with Gasteiger partial charge in [0, 0.05) is 13.1 Å². The van der Waals surface area contributed by atoms with E-state index in [1.54, 1.807) is 6.21 Å². The fraction of sp³-hybridized carbons (Fsp3) is 0.263. The summed E-state index contributed by atoms with van der Waals surface area (Å²) in [6, 6.07) is 17.1. The molecule has 1 heterocycles. The van der Waals surface area contributed by atoms with E-state index in [-0.39, 0.29) is 5.91 Å². The van der Waals surface area contributed by atoms with Gasteiger partial charge in [0.25, 0.3) is 5.91 Å². The second-order valence-electron chi connectivity index (χ2n) is 5.67. The van der Waals surface area contributed by atoms with Crippen molar-refractivity contribution in [1.29, 1.82) is 0 Å². The second kappa shape index (κ2) is 8.96. The Hall–Kier alpha value is -2.70. The van der Waals surface area contributed by atoms with E-state index in [1.165, 1.54) is 0 Å². The molecule has 0 atom stereocenters. The summed E-state index contributed by atoms with van der Waals surface area (Å²) in [4.78, 5) is 13.9. The number of hydrogen-bond acceptors (Lipinski definition) is 5. The van der Waals surface area contributed by atoms with E-state index >= 15 is 0 Å². The number of nitrogens with one attached hydrogen (secondary N) is 1. The summed E-state index contributed by atoms with van der Waals surface area (Å²) in [5, 5.41) is 4.02. The van der Waals surface area contributed by atoms with Crippen LogP contribution in [0, 0.1) is 0 Å². The number of hydrazone groups is 1. The van der Waals surface area contributed by atoms with Gasteiger partial charge in [-0.15, -0.1) is 0 Å². The molecule has 0 bridgehead atoms. The van der Waals surface area contributed by atoms with Gasteiger partial charge in [-0.1, -0.05) is 30.3 Å². The average Bonchev–Trinajstić information content (AvgIpc) is 2.64. The van der Waals surface area contributed by atoms with Gasteiger partial charge in [-0.25, -0.2) is 5.43 Å². The number of ether oxygens (including phenoxy) is 2. The normalized spacial score (nSPS) is 15.2. The van der Waals surface area contributed by atoms with Crippen LogP contribution >= 0.6 is 0 Å². The number of morpholine rings is 1. The van der Waals surface area contributed by atoms with Gasteiger partial charge in [0.1, 0.15) is 11.5 Å². The fourth-order valence-corrected chi connectivity index (χ4v) is 2.46. The van der Waals surface area contributed by atoms with Crippen molar-refractivity contribution >= 4 is 12.1 Å². The Labute approximate surface area is 147 Å². The molecule has 2 aromatic carbocycles. The van der Waals surface area contributed by atoms with Gasteiger partial charge in [-0.05, 0) is 29.8 Å². The molecular weight excluding hydrogens is 318 g/mol. The predicted molar refractivity (Wildman–Crippen MR) is 96.0 cm³/mol. The van der Waals surface area contributed by atoms with Gasteiger partial charge in [-0.2, -0.15) is 5.10 Å². The van der Waals surface area contributed by atoms with Crippen LogP contribution in [0.15, 0.2) is 59.7 Å². The third kappa shape index (κ3) is 5.70. The first-order valence-electron chi connectivity index (χ1n) is 8.24. The maximum absolute atomic E-state index is 11.9. The highest BCUT2D eigenvalue weighted by Crippen LogP contribution is 2.21. The molecule has 0 unspecified atom stereocenters. The zero-order chi connectivity index (χ0) is 17.3. The van der Waals surface area contributed by atoms with Crippen LogP contribution in [0.25, 0.3) is 0 Å². The van der Waals surface area contributed by atoms with E-state index in [2.05, 4.69) is 10.5 Å². The molecule has 1 saturated heterocycles. The van der Waals surface area contributed by atoms with Gasteiger partial charge in [0.05, 0.1) is 26.0 Å². The van der Waals surface area contributed by atoms with Crippen molar-refractivity contribution in [3.05, 3.63) is 60.2 Å². The number of hydrogen-bond donors (Lipinski definition) is 1. The maximum atomic E-state index is 11.9. The molecule has 1 aliphatic heterocycles. The Morgan fingerprint density at radius 1 is 1.12 bits per heavy atom. The molecule has 0 saturated carbocycles. The summed E-state index contributed by atoms with van der Waals surface area (Å²) in [5.74, 6) is 1.36. The van der Waals surface area contributed by atoms with Gasteiger partial charge in [0.2, 0.25) is 0 Å². The molecule has 6 nitrogen and oxygen atoms in total. The van der Waals surface area contributed by atoms with E-state index in [0.29, 0.717) is 19.8 Å². The van der Waals surface area contributed by atoms with Crippen molar-refractivity contribution in [3.63, 3.8) is 0 Å². The highest BCUT2D eigenvalue weighted by Gasteiger charge is 2.13. The van der Waals surface area contributed by atoms with Crippen LogP contribution < -0.4 is 10.2 Å². The summed E-state index contributed by atoms with van der Waals surface area (Å²) in [6.07, 6.45) is 1.61. The van der Waals surface area contributed by atoms with Crippen LogP contribution in [0.4, 0.5) is 0 Å². The van der Waals surface area contributed by atoms with Gasteiger partial charge >= 0.3 is 0 Å². The Bertz CT molecular complexity index is 713. The van der Waals surface area contributed by atoms with Crippen molar-refractivity contribution in [2.45, 2.75) is 0 Å². The Kier molecular flexibility index (Phi) is 6.14. The summed E-state index contributed by atoms with van der Waals surface area (Å²) in [7, 11) is 0. The Balaban J connectivity index is 1.51. The SMILES string of the molecule is O=C(CN1CCOCC1)N/N=C\c1cccc(Oc2ccccc2)c1. The summed E-state index contributed by atoms with van der Waals surface area (Å²) in [5.41, 5.74) is 3.40. The number of benzene rings is 2. The molecular formula is C19H21N3O3. The summed E-state index contributed by atoms with van der Waals surface area (Å²) in [6.45, 7) is 3.22. The molecule has 130 valence electrons. The van der Waals surface area contributed by atoms with E-state index in [4.69, 9.17) is 9.47 Å². The fourth-order valence-electron chi connectivity index (χ4n) is 2.46. The van der Waals surface area contributed by atoms with E-state index in [1.807, 2.05) is 59.5 Å². The van der Waals surface area contributed by atoms with E-state index < -0.39 is 0 Å². The molecule has 1 fully saturated rings. The molecule has 25 heavy (non-hydrogen) atoms. The van der Waals surface area contributed by atoms with Crippen LogP contribution in [0.5, 0.6) is 11.5 Å². The molecule has 1 amide bonds. The van der Waals surface area contributed by atoms with Crippen molar-refractivity contribution in [2.75, 3.05) is 32.8 Å².